The summed E-state index contributed by atoms with van der Waals surface area (Å²) in [6.07, 6.45) is 5.19. The number of amides is 2. The molecule has 3 rings (SSSR count). The summed E-state index contributed by atoms with van der Waals surface area (Å²) < 4.78 is 15.8. The van der Waals surface area contributed by atoms with Crippen molar-refractivity contribution in [3.8, 4) is 17.0 Å². The van der Waals surface area contributed by atoms with Crippen molar-refractivity contribution in [2.45, 2.75) is 33.2 Å². The Labute approximate surface area is 176 Å². The topological polar surface area (TPSA) is 93.9 Å². The van der Waals surface area contributed by atoms with Crippen LogP contribution in [0.2, 0.25) is 0 Å². The predicted molar refractivity (Wildman–Crippen MR) is 111 cm³/mol. The van der Waals surface area contributed by atoms with Gasteiger partial charge in [0.25, 0.3) is 0 Å². The molecule has 1 fully saturated rings. The van der Waals surface area contributed by atoms with Crippen LogP contribution in [0.1, 0.15) is 27.2 Å². The second kappa shape index (κ2) is 9.19. The number of alkyl carbamates (subject to hydrolysis) is 1. The van der Waals surface area contributed by atoms with E-state index >= 15 is 0 Å². The Kier molecular flexibility index (Phi) is 6.64. The molecule has 0 bridgehead atoms. The van der Waals surface area contributed by atoms with Crippen LogP contribution in [0.25, 0.3) is 11.3 Å². The molecule has 30 heavy (non-hydrogen) atoms. The molecule has 2 aromatic rings. The number of hydrogen-bond donors (Lipinski definition) is 1. The Balaban J connectivity index is 1.57. The number of aromatic nitrogens is 1. The summed E-state index contributed by atoms with van der Waals surface area (Å²) in [4.78, 5) is 30.9. The van der Waals surface area contributed by atoms with Crippen LogP contribution < -0.4 is 10.1 Å². The first-order chi connectivity index (χ1) is 14.3. The van der Waals surface area contributed by atoms with E-state index in [0.29, 0.717) is 19.7 Å². The number of rotatable bonds is 6. The summed E-state index contributed by atoms with van der Waals surface area (Å²) in [5.41, 5.74) is 1.25. The smallest absolute Gasteiger partial charge is 0.407 e. The number of hydrogen-bond acceptors (Lipinski definition) is 6. The van der Waals surface area contributed by atoms with Gasteiger partial charge in [0.1, 0.15) is 11.8 Å². The van der Waals surface area contributed by atoms with Gasteiger partial charge in [0, 0.05) is 36.8 Å². The first kappa shape index (κ1) is 21.7. The summed E-state index contributed by atoms with van der Waals surface area (Å²) in [6.45, 7) is 7.49. The molecule has 162 valence electrons. The zero-order valence-corrected chi connectivity index (χ0v) is 17.9. The van der Waals surface area contributed by atoms with Crippen molar-refractivity contribution in [3.05, 3.63) is 36.9 Å². The van der Waals surface area contributed by atoms with Crippen LogP contribution in [0.3, 0.4) is 0 Å². The van der Waals surface area contributed by atoms with Gasteiger partial charge in [-0.15, -0.1) is 0 Å². The highest BCUT2D eigenvalue weighted by molar-refractivity contribution is 5.86. The quantitative estimate of drug-likeness (QED) is 0.778. The first-order valence-electron chi connectivity index (χ1n) is 10.0. The Morgan fingerprint density at radius 3 is 2.83 bits per heavy atom. The van der Waals surface area contributed by atoms with Gasteiger partial charge in [0.15, 0.2) is 0 Å². The first-order valence-corrected chi connectivity index (χ1v) is 10.0. The number of likely N-dealkylation sites (tertiary alicyclic amines) is 1. The van der Waals surface area contributed by atoms with E-state index in [9.17, 15) is 9.59 Å². The normalized spacial score (nSPS) is 17.5. The zero-order valence-electron chi connectivity index (χ0n) is 17.9. The van der Waals surface area contributed by atoms with E-state index in [1.54, 1.807) is 23.6 Å². The number of furan rings is 1. The number of carbonyl (C=O) groups is 2. The lowest BCUT2D eigenvalue weighted by atomic mass is 9.86. The highest BCUT2D eigenvalue weighted by Gasteiger charge is 2.38. The molecule has 0 saturated carbocycles. The number of nitrogens with zero attached hydrogens (tertiary/aromatic N) is 2. The minimum Gasteiger partial charge on any atom is -0.493 e. The molecular weight excluding hydrogens is 386 g/mol. The average molecular weight is 415 g/mol. The molecule has 0 aromatic carbocycles. The number of methoxy groups -OCH3 is 1. The van der Waals surface area contributed by atoms with Crippen molar-refractivity contribution < 1.29 is 23.5 Å². The molecule has 2 amide bonds. The molecule has 1 aliphatic heterocycles. The fourth-order valence-electron chi connectivity index (χ4n) is 3.46. The molecule has 8 nitrogen and oxygen atoms in total. The minimum absolute atomic E-state index is 0.0958. The van der Waals surface area contributed by atoms with Crippen LogP contribution >= 0.6 is 0 Å². The number of ether oxygens (including phenoxy) is 2. The lowest BCUT2D eigenvalue weighted by Crippen LogP contribution is -2.54. The molecule has 2 aromatic heterocycles. The van der Waals surface area contributed by atoms with Gasteiger partial charge in [-0.1, -0.05) is 20.8 Å². The van der Waals surface area contributed by atoms with Crippen LogP contribution in [0.5, 0.6) is 5.75 Å². The van der Waals surface area contributed by atoms with E-state index in [2.05, 4.69) is 15.0 Å². The predicted octanol–water partition coefficient (Wildman–Crippen LogP) is 3.34. The Bertz CT molecular complexity index is 860. The molecule has 3 heterocycles. The average Bonchev–Trinajstić information content (AvgIpc) is 3.41. The number of nitrogens with one attached hydrogen (secondary N) is 1. The second-order valence-electron chi connectivity index (χ2n) is 8.57. The number of pyridine rings is 1. The van der Waals surface area contributed by atoms with Gasteiger partial charge in [0.05, 0.1) is 31.9 Å². The van der Waals surface area contributed by atoms with Gasteiger partial charge in [-0.3, -0.25) is 9.78 Å². The van der Waals surface area contributed by atoms with Crippen molar-refractivity contribution in [2.75, 3.05) is 26.8 Å². The summed E-state index contributed by atoms with van der Waals surface area (Å²) in [6, 6.07) is 4.89. The van der Waals surface area contributed by atoms with Crippen LogP contribution in [0.4, 0.5) is 4.79 Å². The van der Waals surface area contributed by atoms with Crippen molar-refractivity contribution >= 4 is 12.0 Å². The molecule has 1 saturated heterocycles. The van der Waals surface area contributed by atoms with E-state index in [1.807, 2.05) is 39.0 Å². The lowest BCUT2D eigenvalue weighted by molar-refractivity contribution is -0.135. The fraction of sp³-hybridized carbons (Fsp3) is 0.500. The maximum atomic E-state index is 13.0. The molecule has 0 aliphatic carbocycles. The van der Waals surface area contributed by atoms with Gasteiger partial charge in [0.2, 0.25) is 5.91 Å². The van der Waals surface area contributed by atoms with Crippen molar-refractivity contribution in [2.24, 2.45) is 11.3 Å². The van der Waals surface area contributed by atoms with Crippen LogP contribution in [0.15, 0.2) is 41.3 Å². The van der Waals surface area contributed by atoms with E-state index in [1.165, 1.54) is 7.11 Å². The highest BCUT2D eigenvalue weighted by Crippen LogP contribution is 2.26. The van der Waals surface area contributed by atoms with Crippen LogP contribution in [-0.4, -0.2) is 54.7 Å². The maximum Gasteiger partial charge on any atom is 0.407 e. The minimum atomic E-state index is -0.651. The van der Waals surface area contributed by atoms with Crippen LogP contribution in [0, 0.1) is 11.3 Å². The lowest BCUT2D eigenvalue weighted by Gasteiger charge is -2.33. The summed E-state index contributed by atoms with van der Waals surface area (Å²) in [5, 5.41) is 2.68. The van der Waals surface area contributed by atoms with Crippen molar-refractivity contribution in [1.82, 2.24) is 15.2 Å². The molecule has 1 aliphatic rings. The molecule has 1 N–H and O–H groups in total. The van der Waals surface area contributed by atoms with Crippen LogP contribution in [-0.2, 0) is 9.53 Å². The van der Waals surface area contributed by atoms with E-state index in [0.717, 1.165) is 23.4 Å². The summed E-state index contributed by atoms with van der Waals surface area (Å²) in [5.74, 6) is 0.852. The third-order valence-electron chi connectivity index (χ3n) is 5.19. The standard InChI is InChI=1S/C22H29N3O5/c1-22(2,3)19(24-21(27)28-4)20(26)25-9-6-15(12-25)13-30-17-5-8-23-18(11-17)16-7-10-29-14-16/h5,7-8,10-11,14-15,19H,6,9,12-13H2,1-4H3,(H,24,27)/t15-,19-/m1/s1. The molecule has 0 spiro atoms. The summed E-state index contributed by atoms with van der Waals surface area (Å²) in [7, 11) is 1.29. The van der Waals surface area contributed by atoms with Gasteiger partial charge >= 0.3 is 6.09 Å². The Hall–Kier alpha value is -3.03. The van der Waals surface area contributed by atoms with Crippen molar-refractivity contribution in [1.29, 1.82) is 0 Å². The second-order valence-corrected chi connectivity index (χ2v) is 8.57. The third kappa shape index (κ3) is 5.31. The van der Waals surface area contributed by atoms with Gasteiger partial charge in [-0.25, -0.2) is 4.79 Å². The number of carbonyl (C=O) groups excluding carboxylic acids is 2. The summed E-state index contributed by atoms with van der Waals surface area (Å²) >= 11 is 0. The molecule has 2 atom stereocenters. The van der Waals surface area contributed by atoms with Crippen molar-refractivity contribution in [3.63, 3.8) is 0 Å². The molecular formula is C22H29N3O5. The molecule has 0 radical (unpaired) electrons. The Morgan fingerprint density at radius 1 is 1.37 bits per heavy atom. The third-order valence-corrected chi connectivity index (χ3v) is 5.19. The maximum absolute atomic E-state index is 13.0. The fourth-order valence-corrected chi connectivity index (χ4v) is 3.46. The molecule has 0 unspecified atom stereocenters. The SMILES string of the molecule is COC(=O)N[C@H](C(=O)N1CC[C@@H](COc2ccnc(-c3ccoc3)c2)C1)C(C)(C)C. The van der Waals surface area contributed by atoms with Gasteiger partial charge < -0.3 is 24.1 Å². The molecule has 8 heteroatoms. The monoisotopic (exact) mass is 415 g/mol. The Morgan fingerprint density at radius 2 is 2.17 bits per heavy atom. The van der Waals surface area contributed by atoms with E-state index in [4.69, 9.17) is 9.15 Å². The van der Waals surface area contributed by atoms with Gasteiger partial charge in [-0.05, 0) is 24.0 Å². The van der Waals surface area contributed by atoms with Gasteiger partial charge in [-0.2, -0.15) is 0 Å². The van der Waals surface area contributed by atoms with E-state index in [-0.39, 0.29) is 11.8 Å². The highest BCUT2D eigenvalue weighted by atomic mass is 16.5. The van der Waals surface area contributed by atoms with E-state index < -0.39 is 17.6 Å². The zero-order chi connectivity index (χ0) is 21.7. The largest absolute Gasteiger partial charge is 0.493 e.